The molecule has 0 unspecified atom stereocenters. The molecule has 0 atom stereocenters. The Kier molecular flexibility index (Phi) is 9.18. The van der Waals surface area contributed by atoms with Gasteiger partial charge in [-0.25, -0.2) is 4.98 Å². The Labute approximate surface area is 202 Å². The Morgan fingerprint density at radius 1 is 1.12 bits per heavy atom. The third-order valence-electron chi connectivity index (χ3n) is 5.24. The minimum atomic E-state index is -0.326. The Morgan fingerprint density at radius 3 is 2.30 bits per heavy atom. The number of nitrogens with one attached hydrogen (secondary N) is 3. The van der Waals surface area contributed by atoms with Crippen LogP contribution < -0.4 is 22.1 Å². The molecule has 1 aromatic carbocycles. The van der Waals surface area contributed by atoms with Crippen LogP contribution in [0.5, 0.6) is 0 Å². The number of piperidine rings is 1. The zero-order valence-electron chi connectivity index (χ0n) is 18.2. The van der Waals surface area contributed by atoms with Crippen molar-refractivity contribution in [3.63, 3.8) is 0 Å². The van der Waals surface area contributed by atoms with Gasteiger partial charge in [0, 0.05) is 31.6 Å². The second kappa shape index (κ2) is 11.6. The monoisotopic (exact) mass is 493 g/mol. The highest BCUT2D eigenvalue weighted by atomic mass is 35.5. The minimum Gasteiger partial charge on any atom is -0.370 e. The van der Waals surface area contributed by atoms with Gasteiger partial charge >= 0.3 is 0 Å². The number of aromatic nitrogens is 1. The van der Waals surface area contributed by atoms with Crippen LogP contribution in [-0.4, -0.2) is 46.7 Å². The Hall–Kier alpha value is -3.18. The van der Waals surface area contributed by atoms with Crippen molar-refractivity contribution in [2.75, 3.05) is 23.7 Å². The number of primary amides is 1. The molecule has 0 radical (unpaired) electrons. The average molecular weight is 494 g/mol. The highest BCUT2D eigenvalue weighted by Crippen LogP contribution is 2.28. The maximum Gasteiger partial charge on any atom is 0.265 e. The number of benzene rings is 1. The zero-order chi connectivity index (χ0) is 23.3. The van der Waals surface area contributed by atoms with Crippen molar-refractivity contribution in [2.45, 2.75) is 32.6 Å². The number of carbonyl (C=O) groups excluding carboxylic acids is 3. The molecular formula is C21H28ClN7O3S. The van der Waals surface area contributed by atoms with Crippen LogP contribution in [0.4, 0.5) is 10.8 Å². The SMILES string of the molecule is CC(=O)Nc1nc(CCc2ccc(NC(=N)N)cc2)c(C(=O)N2CCC(C(N)=O)CC2)s1.Cl. The van der Waals surface area contributed by atoms with Crippen molar-refractivity contribution < 1.29 is 14.4 Å². The molecule has 1 aliphatic rings. The van der Waals surface area contributed by atoms with E-state index in [1.165, 1.54) is 18.3 Å². The summed E-state index contributed by atoms with van der Waals surface area (Å²) in [5.74, 6) is -1.05. The number of thiazole rings is 1. The average Bonchev–Trinajstić information content (AvgIpc) is 3.14. The van der Waals surface area contributed by atoms with E-state index in [0.717, 1.165) is 11.3 Å². The third kappa shape index (κ3) is 7.16. The molecule has 1 fully saturated rings. The number of carbonyl (C=O) groups is 3. The molecule has 0 bridgehead atoms. The Balaban J connectivity index is 0.00000385. The normalized spacial score (nSPS) is 13.7. The van der Waals surface area contributed by atoms with Crippen LogP contribution in [0.15, 0.2) is 24.3 Å². The lowest BCUT2D eigenvalue weighted by molar-refractivity contribution is -0.123. The summed E-state index contributed by atoms with van der Waals surface area (Å²) in [6, 6.07) is 7.50. The second-order valence-electron chi connectivity index (χ2n) is 7.68. The first-order valence-corrected chi connectivity index (χ1v) is 11.1. The van der Waals surface area contributed by atoms with E-state index in [1.54, 1.807) is 4.90 Å². The number of anilines is 2. The smallest absolute Gasteiger partial charge is 0.265 e. The lowest BCUT2D eigenvalue weighted by Crippen LogP contribution is -2.41. The van der Waals surface area contributed by atoms with Crippen molar-refractivity contribution in [3.05, 3.63) is 40.4 Å². The number of rotatable bonds is 7. The van der Waals surface area contributed by atoms with Crippen LogP contribution in [0.3, 0.4) is 0 Å². The van der Waals surface area contributed by atoms with Gasteiger partial charge in [0.25, 0.3) is 5.91 Å². The van der Waals surface area contributed by atoms with E-state index < -0.39 is 0 Å². The summed E-state index contributed by atoms with van der Waals surface area (Å²) in [4.78, 5) is 42.8. The molecule has 178 valence electrons. The molecule has 1 aromatic heterocycles. The number of nitrogens with two attached hydrogens (primary N) is 2. The first-order valence-electron chi connectivity index (χ1n) is 10.3. The van der Waals surface area contributed by atoms with Crippen molar-refractivity contribution in [3.8, 4) is 0 Å². The van der Waals surface area contributed by atoms with E-state index in [-0.39, 0.29) is 42.0 Å². The van der Waals surface area contributed by atoms with E-state index in [0.29, 0.717) is 54.5 Å². The summed E-state index contributed by atoms with van der Waals surface area (Å²) in [6.07, 6.45) is 2.27. The lowest BCUT2D eigenvalue weighted by atomic mass is 9.96. The predicted octanol–water partition coefficient (Wildman–Crippen LogP) is 1.95. The number of nitrogens with zero attached hydrogens (tertiary/aromatic N) is 2. The van der Waals surface area contributed by atoms with Crippen molar-refractivity contribution in [2.24, 2.45) is 17.4 Å². The van der Waals surface area contributed by atoms with Gasteiger partial charge in [0.05, 0.1) is 5.69 Å². The van der Waals surface area contributed by atoms with Gasteiger partial charge in [-0.2, -0.15) is 0 Å². The van der Waals surface area contributed by atoms with Gasteiger partial charge in [-0.15, -0.1) is 12.4 Å². The summed E-state index contributed by atoms with van der Waals surface area (Å²) in [5, 5.41) is 13.1. The topological polar surface area (TPSA) is 167 Å². The zero-order valence-corrected chi connectivity index (χ0v) is 19.9. The summed E-state index contributed by atoms with van der Waals surface area (Å²) < 4.78 is 0. The quantitative estimate of drug-likeness (QED) is 0.292. The fraction of sp³-hybridized carbons (Fsp3) is 0.381. The van der Waals surface area contributed by atoms with Crippen LogP contribution in [0.2, 0.25) is 0 Å². The van der Waals surface area contributed by atoms with Crippen LogP contribution in [0, 0.1) is 11.3 Å². The van der Waals surface area contributed by atoms with Gasteiger partial charge in [0.2, 0.25) is 11.8 Å². The number of hydrogen-bond acceptors (Lipinski definition) is 6. The summed E-state index contributed by atoms with van der Waals surface area (Å²) in [5.41, 5.74) is 13.1. The fourth-order valence-electron chi connectivity index (χ4n) is 3.58. The molecule has 0 spiro atoms. The van der Waals surface area contributed by atoms with Crippen LogP contribution >= 0.6 is 23.7 Å². The molecule has 2 heterocycles. The second-order valence-corrected chi connectivity index (χ2v) is 8.68. The molecule has 10 nitrogen and oxygen atoms in total. The standard InChI is InChI=1S/C21H27N7O3S.ClH/c1-12(29)25-21-27-16(7-4-13-2-5-15(6-3-13)26-20(23)24)17(32-21)19(31)28-10-8-14(9-11-28)18(22)30;/h2-3,5-6,14H,4,7-11H2,1H3,(H2,22,30)(H4,23,24,26)(H,25,27,29);1H. The molecule has 2 aromatic rings. The summed E-state index contributed by atoms with van der Waals surface area (Å²) in [7, 11) is 0. The number of halogens is 1. The van der Waals surface area contributed by atoms with Crippen molar-refractivity contribution in [1.29, 1.82) is 5.41 Å². The maximum absolute atomic E-state index is 13.2. The van der Waals surface area contributed by atoms with Crippen LogP contribution in [-0.2, 0) is 22.4 Å². The van der Waals surface area contributed by atoms with Gasteiger partial charge < -0.3 is 27.0 Å². The molecule has 7 N–H and O–H groups in total. The van der Waals surface area contributed by atoms with Crippen molar-refractivity contribution >= 4 is 58.2 Å². The van der Waals surface area contributed by atoms with Gasteiger partial charge in [0.1, 0.15) is 4.88 Å². The lowest BCUT2D eigenvalue weighted by Gasteiger charge is -2.30. The first kappa shape index (κ1) is 26.1. The van der Waals surface area contributed by atoms with E-state index in [2.05, 4.69) is 15.6 Å². The highest BCUT2D eigenvalue weighted by Gasteiger charge is 2.29. The largest absolute Gasteiger partial charge is 0.370 e. The van der Waals surface area contributed by atoms with E-state index >= 15 is 0 Å². The Morgan fingerprint density at radius 2 is 1.76 bits per heavy atom. The molecule has 3 amide bonds. The molecule has 33 heavy (non-hydrogen) atoms. The molecule has 12 heteroatoms. The van der Waals surface area contributed by atoms with E-state index in [4.69, 9.17) is 16.9 Å². The van der Waals surface area contributed by atoms with Crippen LogP contribution in [0.1, 0.15) is 40.7 Å². The molecule has 1 saturated heterocycles. The molecule has 3 rings (SSSR count). The third-order valence-corrected chi connectivity index (χ3v) is 6.24. The number of guanidine groups is 1. The fourth-order valence-corrected chi connectivity index (χ4v) is 4.60. The van der Waals surface area contributed by atoms with E-state index in [1.807, 2.05) is 24.3 Å². The van der Waals surface area contributed by atoms with Crippen LogP contribution in [0.25, 0.3) is 0 Å². The van der Waals surface area contributed by atoms with Gasteiger partial charge in [-0.05, 0) is 43.4 Å². The van der Waals surface area contributed by atoms with Crippen molar-refractivity contribution in [1.82, 2.24) is 9.88 Å². The molecular weight excluding hydrogens is 466 g/mol. The first-order chi connectivity index (χ1) is 15.2. The summed E-state index contributed by atoms with van der Waals surface area (Å²) >= 11 is 1.17. The number of amides is 3. The maximum atomic E-state index is 13.2. The number of aryl methyl sites for hydroxylation is 2. The van der Waals surface area contributed by atoms with Gasteiger partial charge in [0.15, 0.2) is 11.1 Å². The summed E-state index contributed by atoms with van der Waals surface area (Å²) in [6.45, 7) is 2.32. The number of hydrogen-bond donors (Lipinski definition) is 5. The van der Waals surface area contributed by atoms with E-state index in [9.17, 15) is 14.4 Å². The molecule has 1 aliphatic heterocycles. The highest BCUT2D eigenvalue weighted by molar-refractivity contribution is 7.17. The minimum absolute atomic E-state index is 0. The molecule has 0 aliphatic carbocycles. The molecule has 0 saturated carbocycles. The predicted molar refractivity (Wildman–Crippen MR) is 131 cm³/mol. The van der Waals surface area contributed by atoms with Gasteiger partial charge in [-0.1, -0.05) is 23.5 Å². The Bertz CT molecular complexity index is 1020. The number of likely N-dealkylation sites (tertiary alicyclic amines) is 1. The van der Waals surface area contributed by atoms with Gasteiger partial charge in [-0.3, -0.25) is 19.8 Å².